The Balaban J connectivity index is 1.37. The normalized spacial score (nSPS) is 34.8. The first-order chi connectivity index (χ1) is 11.7. The molecule has 24 heavy (non-hydrogen) atoms. The highest BCUT2D eigenvalue weighted by Gasteiger charge is 2.40. The molecule has 1 amide bonds. The smallest absolute Gasteiger partial charge is 0.225 e. The summed E-state index contributed by atoms with van der Waals surface area (Å²) >= 11 is 0. The maximum atomic E-state index is 13.2. The molecule has 4 rings (SSSR count). The van der Waals surface area contributed by atoms with E-state index in [0.717, 1.165) is 32.2 Å². The van der Waals surface area contributed by atoms with E-state index in [9.17, 15) is 4.79 Å². The lowest BCUT2D eigenvalue weighted by Gasteiger charge is -2.37. The van der Waals surface area contributed by atoms with Crippen molar-refractivity contribution in [2.75, 3.05) is 20.1 Å². The van der Waals surface area contributed by atoms with Gasteiger partial charge in [0, 0.05) is 43.0 Å². The summed E-state index contributed by atoms with van der Waals surface area (Å²) in [5.41, 5.74) is 0. The second-order valence-electron chi connectivity index (χ2n) is 8.07. The molecule has 4 nitrogen and oxygen atoms in total. The Kier molecular flexibility index (Phi) is 4.66. The molecule has 2 saturated heterocycles. The number of amides is 1. The molecular formula is C20H31N3O. The topological polar surface area (TPSA) is 28.5 Å². The molecule has 2 aliphatic heterocycles. The minimum absolute atomic E-state index is 0.268. The van der Waals surface area contributed by atoms with Gasteiger partial charge in [-0.15, -0.1) is 0 Å². The zero-order valence-electron chi connectivity index (χ0n) is 14.9. The van der Waals surface area contributed by atoms with E-state index >= 15 is 0 Å². The van der Waals surface area contributed by atoms with Crippen molar-refractivity contribution < 1.29 is 4.79 Å². The number of aromatic nitrogens is 1. The minimum Gasteiger partial charge on any atom is -0.351 e. The van der Waals surface area contributed by atoms with Crippen molar-refractivity contribution >= 4 is 5.91 Å². The van der Waals surface area contributed by atoms with Crippen LogP contribution in [-0.2, 0) is 4.79 Å². The van der Waals surface area contributed by atoms with Gasteiger partial charge < -0.3 is 14.4 Å². The van der Waals surface area contributed by atoms with Crippen molar-refractivity contribution in [2.45, 2.75) is 69.5 Å². The van der Waals surface area contributed by atoms with Gasteiger partial charge in [-0.05, 0) is 77.1 Å². The lowest BCUT2D eigenvalue weighted by molar-refractivity contribution is -0.138. The van der Waals surface area contributed by atoms with E-state index in [1.165, 1.54) is 32.2 Å². The molecule has 0 bridgehead atoms. The highest BCUT2D eigenvalue weighted by molar-refractivity contribution is 5.79. The fourth-order valence-corrected chi connectivity index (χ4v) is 5.34. The Morgan fingerprint density at radius 1 is 0.875 bits per heavy atom. The average Bonchev–Trinajstić information content (AvgIpc) is 3.35. The summed E-state index contributed by atoms with van der Waals surface area (Å²) in [6.45, 7) is 2.19. The first-order valence-corrected chi connectivity index (χ1v) is 9.87. The molecule has 0 N–H and O–H groups in total. The van der Waals surface area contributed by atoms with E-state index in [0.29, 0.717) is 24.0 Å². The van der Waals surface area contributed by atoms with Crippen molar-refractivity contribution in [1.29, 1.82) is 0 Å². The van der Waals surface area contributed by atoms with Crippen molar-refractivity contribution in [3.8, 4) is 0 Å². The monoisotopic (exact) mass is 329 g/mol. The van der Waals surface area contributed by atoms with Crippen LogP contribution in [0.2, 0.25) is 0 Å². The third-order valence-corrected chi connectivity index (χ3v) is 6.70. The Hall–Kier alpha value is -1.29. The molecule has 3 heterocycles. The predicted octanol–water partition coefficient (Wildman–Crippen LogP) is 3.30. The van der Waals surface area contributed by atoms with Gasteiger partial charge in [0.05, 0.1) is 0 Å². The fraction of sp³-hybridized carbons (Fsp3) is 0.750. The van der Waals surface area contributed by atoms with Crippen LogP contribution < -0.4 is 0 Å². The van der Waals surface area contributed by atoms with Crippen LogP contribution in [0.1, 0.15) is 57.4 Å². The third-order valence-electron chi connectivity index (χ3n) is 6.70. The molecule has 1 saturated carbocycles. The molecule has 0 aromatic carbocycles. The Morgan fingerprint density at radius 2 is 1.54 bits per heavy atom. The Morgan fingerprint density at radius 3 is 2.21 bits per heavy atom. The molecule has 1 aromatic rings. The van der Waals surface area contributed by atoms with Gasteiger partial charge in [-0.3, -0.25) is 4.79 Å². The van der Waals surface area contributed by atoms with Gasteiger partial charge in [-0.25, -0.2) is 0 Å². The number of hydrogen-bond acceptors (Lipinski definition) is 2. The SMILES string of the molecule is CN1CCC[C@@H]1[C@H]1CCCN1C(=O)C1CCC(n2cccc2)CC1. The molecule has 0 spiro atoms. The molecule has 3 aliphatic rings. The zero-order chi connectivity index (χ0) is 16.5. The molecule has 1 aliphatic carbocycles. The van der Waals surface area contributed by atoms with Crippen LogP contribution in [0.25, 0.3) is 0 Å². The molecule has 0 radical (unpaired) electrons. The Bertz CT molecular complexity index is 547. The predicted molar refractivity (Wildman–Crippen MR) is 95.8 cm³/mol. The molecule has 2 atom stereocenters. The van der Waals surface area contributed by atoms with Crippen LogP contribution in [0.4, 0.5) is 0 Å². The van der Waals surface area contributed by atoms with Crippen LogP contribution in [-0.4, -0.2) is 52.5 Å². The first-order valence-electron chi connectivity index (χ1n) is 9.87. The summed E-state index contributed by atoms with van der Waals surface area (Å²) in [6.07, 6.45) is 13.7. The number of hydrogen-bond donors (Lipinski definition) is 0. The summed E-state index contributed by atoms with van der Waals surface area (Å²) in [6, 6.07) is 5.88. The van der Waals surface area contributed by atoms with Crippen molar-refractivity contribution in [1.82, 2.24) is 14.4 Å². The van der Waals surface area contributed by atoms with Gasteiger partial charge in [0.2, 0.25) is 5.91 Å². The lowest BCUT2D eigenvalue weighted by Crippen LogP contribution is -2.49. The first kappa shape index (κ1) is 16.2. The molecular weight excluding hydrogens is 298 g/mol. The summed E-state index contributed by atoms with van der Waals surface area (Å²) in [5, 5.41) is 0. The maximum absolute atomic E-state index is 13.2. The van der Waals surface area contributed by atoms with E-state index in [4.69, 9.17) is 0 Å². The van der Waals surface area contributed by atoms with E-state index in [1.54, 1.807) is 0 Å². The van der Waals surface area contributed by atoms with Crippen molar-refractivity contribution in [3.63, 3.8) is 0 Å². The van der Waals surface area contributed by atoms with Gasteiger partial charge in [0.15, 0.2) is 0 Å². The average molecular weight is 329 g/mol. The van der Waals surface area contributed by atoms with E-state index < -0.39 is 0 Å². The molecule has 4 heteroatoms. The quantitative estimate of drug-likeness (QED) is 0.851. The Labute approximate surface area is 145 Å². The highest BCUT2D eigenvalue weighted by atomic mass is 16.2. The fourth-order valence-electron chi connectivity index (χ4n) is 5.34. The number of carbonyl (C=O) groups excluding carboxylic acids is 1. The van der Waals surface area contributed by atoms with Gasteiger partial charge in [-0.2, -0.15) is 0 Å². The lowest BCUT2D eigenvalue weighted by atomic mass is 9.84. The largest absolute Gasteiger partial charge is 0.351 e. The standard InChI is InChI=1S/C20H31N3O/c1-21-12-4-6-18(21)19-7-5-15-23(19)20(24)16-8-10-17(11-9-16)22-13-2-3-14-22/h2-3,13-14,16-19H,4-12,15H2,1H3/t16?,17?,18-,19-/m1/s1. The van der Waals surface area contributed by atoms with Crippen molar-refractivity contribution in [2.24, 2.45) is 5.92 Å². The summed E-state index contributed by atoms with van der Waals surface area (Å²) in [5.74, 6) is 0.730. The van der Waals surface area contributed by atoms with E-state index in [1.807, 2.05) is 0 Å². The number of rotatable bonds is 3. The molecule has 3 fully saturated rings. The van der Waals surface area contributed by atoms with E-state index in [-0.39, 0.29) is 5.92 Å². The zero-order valence-corrected chi connectivity index (χ0v) is 14.9. The van der Waals surface area contributed by atoms with Crippen LogP contribution >= 0.6 is 0 Å². The van der Waals surface area contributed by atoms with Gasteiger partial charge in [0.25, 0.3) is 0 Å². The van der Waals surface area contributed by atoms with E-state index in [2.05, 4.69) is 45.9 Å². The summed E-state index contributed by atoms with van der Waals surface area (Å²) in [7, 11) is 2.24. The number of likely N-dealkylation sites (tertiary alicyclic amines) is 2. The van der Waals surface area contributed by atoms with Crippen LogP contribution in [0.5, 0.6) is 0 Å². The van der Waals surface area contributed by atoms with Gasteiger partial charge in [-0.1, -0.05) is 0 Å². The highest BCUT2D eigenvalue weighted by Crippen LogP contribution is 2.36. The minimum atomic E-state index is 0.268. The molecule has 132 valence electrons. The van der Waals surface area contributed by atoms with Gasteiger partial charge >= 0.3 is 0 Å². The number of likely N-dealkylation sites (N-methyl/N-ethyl adjacent to an activating group) is 1. The molecule has 1 aromatic heterocycles. The summed E-state index contributed by atoms with van der Waals surface area (Å²) in [4.78, 5) is 17.9. The third kappa shape index (κ3) is 3.01. The second kappa shape index (κ2) is 6.91. The second-order valence-corrected chi connectivity index (χ2v) is 8.07. The molecule has 0 unspecified atom stereocenters. The van der Waals surface area contributed by atoms with Crippen LogP contribution in [0.3, 0.4) is 0 Å². The summed E-state index contributed by atoms with van der Waals surface area (Å²) < 4.78 is 2.33. The number of nitrogens with zero attached hydrogens (tertiary/aromatic N) is 3. The van der Waals surface area contributed by atoms with Gasteiger partial charge in [0.1, 0.15) is 0 Å². The van der Waals surface area contributed by atoms with Crippen LogP contribution in [0, 0.1) is 5.92 Å². The van der Waals surface area contributed by atoms with Crippen molar-refractivity contribution in [3.05, 3.63) is 24.5 Å². The van der Waals surface area contributed by atoms with Crippen LogP contribution in [0.15, 0.2) is 24.5 Å². The number of carbonyl (C=O) groups is 1. The maximum Gasteiger partial charge on any atom is 0.225 e.